The van der Waals surface area contributed by atoms with Gasteiger partial charge in [-0.15, -0.1) is 9.05 Å². The van der Waals surface area contributed by atoms with Crippen molar-refractivity contribution in [3.63, 3.8) is 0 Å². The van der Waals surface area contributed by atoms with Crippen molar-refractivity contribution in [2.75, 3.05) is 14.2 Å². The zero-order valence-corrected chi connectivity index (χ0v) is 7.46. The van der Waals surface area contributed by atoms with E-state index in [1.807, 2.05) is 0 Å². The first kappa shape index (κ1) is 10.6. The van der Waals surface area contributed by atoms with E-state index < -0.39 is 8.25 Å². The van der Waals surface area contributed by atoms with Gasteiger partial charge < -0.3 is 0 Å². The van der Waals surface area contributed by atoms with Crippen molar-refractivity contribution in [1.29, 1.82) is 0 Å². The first-order valence-electron chi connectivity index (χ1n) is 1.36. The Balaban J connectivity index is 0. The molecule has 0 radical (unpaired) electrons. The van der Waals surface area contributed by atoms with E-state index in [9.17, 15) is 4.57 Å². The summed E-state index contributed by atoms with van der Waals surface area (Å²) in [5, 5.41) is 0. The van der Waals surface area contributed by atoms with Crippen molar-refractivity contribution in [1.82, 2.24) is 0 Å². The molecule has 0 aromatic heterocycles. The van der Waals surface area contributed by atoms with Gasteiger partial charge in [-0.05, 0) is 0 Å². The van der Waals surface area contributed by atoms with Crippen molar-refractivity contribution in [2.24, 2.45) is 0 Å². The quantitative estimate of drug-likeness (QED) is 0.693. The van der Waals surface area contributed by atoms with Gasteiger partial charge in [0, 0.05) is 4.57 Å². The van der Waals surface area contributed by atoms with Gasteiger partial charge in [0.15, 0.2) is 0 Å². The van der Waals surface area contributed by atoms with E-state index >= 15 is 0 Å². The van der Waals surface area contributed by atoms with Crippen LogP contribution in [-0.4, -0.2) is 14.2 Å². The van der Waals surface area contributed by atoms with Gasteiger partial charge in [0.2, 0.25) is 0 Å². The third kappa shape index (κ3) is 6.71. The van der Waals surface area contributed by atoms with Crippen LogP contribution in [0.1, 0.15) is 0 Å². The molecule has 0 rings (SSSR count). The second kappa shape index (κ2) is 6.71. The van der Waals surface area contributed by atoms with Crippen molar-refractivity contribution >= 4 is 8.25 Å². The molecule has 0 amide bonds. The van der Waals surface area contributed by atoms with Crippen LogP contribution in [0.2, 0.25) is 0 Å². The van der Waals surface area contributed by atoms with Gasteiger partial charge in [-0.2, -0.15) is 0 Å². The number of rotatable bonds is 2. The molecule has 48 valence electrons. The zero-order chi connectivity index (χ0) is 4.99. The van der Waals surface area contributed by atoms with Gasteiger partial charge >= 0.3 is 29.3 Å². The van der Waals surface area contributed by atoms with Gasteiger partial charge in [0.25, 0.3) is 0 Å². The molecule has 0 spiro atoms. The molecule has 0 atom stereocenters. The fraction of sp³-hybridized carbons (Fsp3) is 1.00. The summed E-state index contributed by atoms with van der Waals surface area (Å²) in [6.07, 6.45) is 0. The molecule has 7 heavy (non-hydrogen) atoms. The summed E-state index contributed by atoms with van der Waals surface area (Å²) in [6, 6.07) is 0. The molecule has 0 unspecified atom stereocenters. The fourth-order valence-corrected chi connectivity index (χ4v) is 0.224. The molecule has 0 aliphatic heterocycles. The van der Waals surface area contributed by atoms with Crippen LogP contribution >= 0.6 is 8.25 Å². The average Bonchev–Trinajstić information content (AvgIpc) is 1.65. The molecule has 0 heterocycles. The molecule has 0 saturated heterocycles. The zero-order valence-electron chi connectivity index (χ0n) is 4.03. The van der Waals surface area contributed by atoms with Crippen molar-refractivity contribution in [2.45, 2.75) is 0 Å². The Labute approximate surface area is 57.6 Å². The van der Waals surface area contributed by atoms with Crippen LogP contribution in [0.25, 0.3) is 0 Å². The van der Waals surface area contributed by atoms with Gasteiger partial charge in [0.05, 0.1) is 14.2 Å². The predicted molar refractivity (Wildman–Crippen MR) is 24.4 cm³/mol. The molecule has 0 aliphatic rings. The predicted octanol–water partition coefficient (Wildman–Crippen LogP) is 0.399. The normalized spacial score (nSPS) is 7.14. The molecule has 3 nitrogen and oxygen atoms in total. The van der Waals surface area contributed by atoms with Crippen molar-refractivity contribution in [3.05, 3.63) is 0 Å². The van der Waals surface area contributed by atoms with Crippen LogP contribution in [0.15, 0.2) is 0 Å². The summed E-state index contributed by atoms with van der Waals surface area (Å²) in [7, 11) is 0.817. The van der Waals surface area contributed by atoms with Crippen LogP contribution in [0.3, 0.4) is 0 Å². The Morgan fingerprint density at radius 3 is 1.57 bits per heavy atom. The molecule has 0 aromatic carbocycles. The molecular formula is C2H8O3PPt+. The maximum atomic E-state index is 9.88. The minimum absolute atomic E-state index is 0. The van der Waals surface area contributed by atoms with Crippen LogP contribution in [0.5, 0.6) is 0 Å². The fourth-order valence-electron chi connectivity index (χ4n) is 0.0745. The summed E-state index contributed by atoms with van der Waals surface area (Å²) >= 11 is 0. The number of hydrogen-bond donors (Lipinski definition) is 0. The number of hydrogen-bond acceptors (Lipinski definition) is 3. The topological polar surface area (TPSA) is 35.5 Å². The first-order chi connectivity index (χ1) is 2.81. The molecule has 0 aliphatic carbocycles. The van der Waals surface area contributed by atoms with E-state index in [-0.39, 0.29) is 21.1 Å². The van der Waals surface area contributed by atoms with E-state index in [0.29, 0.717) is 0 Å². The second-order valence-electron chi connectivity index (χ2n) is 0.589. The minimum atomic E-state index is -1.83. The van der Waals surface area contributed by atoms with Crippen LogP contribution in [0.4, 0.5) is 0 Å². The Morgan fingerprint density at radius 1 is 1.29 bits per heavy atom. The summed E-state index contributed by atoms with van der Waals surface area (Å²) in [4.78, 5) is 0. The Bertz CT molecular complexity index is 50.9. The Kier molecular flexibility index (Phi) is 10.2. The van der Waals surface area contributed by atoms with E-state index in [1.54, 1.807) is 0 Å². The van der Waals surface area contributed by atoms with E-state index in [0.717, 1.165) is 0 Å². The van der Waals surface area contributed by atoms with Gasteiger partial charge in [-0.3, -0.25) is 0 Å². The molecule has 0 bridgehead atoms. The third-order valence-corrected chi connectivity index (χ3v) is 0.894. The summed E-state index contributed by atoms with van der Waals surface area (Å²) in [5.41, 5.74) is 0. The standard InChI is InChI=1S/C2H6O3P.Pt.2H/c1-4-6(3)5-2;;;/h1-2H3;;;/q+1;;;. The third-order valence-electron chi connectivity index (χ3n) is 0.298. The molecule has 0 N–H and O–H groups in total. The summed E-state index contributed by atoms with van der Waals surface area (Å²) < 4.78 is 18.3. The molecule has 0 fully saturated rings. The van der Waals surface area contributed by atoms with Gasteiger partial charge in [-0.1, -0.05) is 0 Å². The van der Waals surface area contributed by atoms with Crippen LogP contribution in [0, 0.1) is 0 Å². The molecule has 5 heteroatoms. The van der Waals surface area contributed by atoms with E-state index in [4.69, 9.17) is 0 Å². The van der Waals surface area contributed by atoms with Gasteiger partial charge in [0.1, 0.15) is 0 Å². The summed E-state index contributed by atoms with van der Waals surface area (Å²) in [6.45, 7) is 0. The maximum absolute atomic E-state index is 9.88. The van der Waals surface area contributed by atoms with Gasteiger partial charge in [-0.25, -0.2) is 0 Å². The second-order valence-corrected chi connectivity index (χ2v) is 1.77. The monoisotopic (exact) mass is 306 g/mol. The van der Waals surface area contributed by atoms with Crippen LogP contribution < -0.4 is 0 Å². The first-order valence-corrected chi connectivity index (χ1v) is 2.46. The molecular weight excluding hydrogens is 298 g/mol. The van der Waals surface area contributed by atoms with E-state index in [1.165, 1.54) is 14.2 Å². The van der Waals surface area contributed by atoms with Crippen molar-refractivity contribution < 1.29 is 34.7 Å². The van der Waals surface area contributed by atoms with Crippen LogP contribution in [-0.2, 0) is 34.7 Å². The Morgan fingerprint density at radius 2 is 1.57 bits per heavy atom. The van der Waals surface area contributed by atoms with E-state index in [2.05, 4.69) is 9.05 Å². The average molecular weight is 306 g/mol. The Hall–Kier alpha value is 0.708. The molecule has 0 saturated carbocycles. The SMILES string of the molecule is CO[P+](=O)OC.[PtH2]. The van der Waals surface area contributed by atoms with Crippen molar-refractivity contribution in [3.8, 4) is 0 Å². The molecule has 0 aromatic rings. The summed E-state index contributed by atoms with van der Waals surface area (Å²) in [5.74, 6) is 0.